The van der Waals surface area contributed by atoms with E-state index in [1.54, 1.807) is 38.1 Å². The Hall–Kier alpha value is -4.54. The third-order valence-electron chi connectivity index (χ3n) is 7.14. The van der Waals surface area contributed by atoms with Gasteiger partial charge in [0, 0.05) is 24.2 Å². The van der Waals surface area contributed by atoms with Gasteiger partial charge in [-0.05, 0) is 47.6 Å². The lowest BCUT2D eigenvalue weighted by Gasteiger charge is -2.37. The second kappa shape index (κ2) is 13.0. The standard InChI is InChI=1S/C31H39N5O6/c1-17(2)23(24(37)28(40)33-15-19-11-13-20(14-12-19)26(32)38)35-27(39)18(3)34-29(41)25(31(4,5)6)36-16-21-9-7-8-10-22(21)30(36)42/h7-14,17-18,23,25H,15-16H2,1-6H3,(H2,32,38)(H,33,40)(H,34,41)(H,35,39). The average Bonchev–Trinajstić information content (AvgIpc) is 3.24. The molecule has 1 heterocycles. The summed E-state index contributed by atoms with van der Waals surface area (Å²) in [5, 5.41) is 7.82. The van der Waals surface area contributed by atoms with Gasteiger partial charge in [-0.3, -0.25) is 28.8 Å². The van der Waals surface area contributed by atoms with Crippen molar-refractivity contribution in [2.75, 3.05) is 0 Å². The van der Waals surface area contributed by atoms with Crippen molar-refractivity contribution >= 4 is 35.3 Å². The Kier molecular flexibility index (Phi) is 9.87. The summed E-state index contributed by atoms with van der Waals surface area (Å²) in [4.78, 5) is 78.1. The summed E-state index contributed by atoms with van der Waals surface area (Å²) in [7, 11) is 0. The number of nitrogens with one attached hydrogen (secondary N) is 3. The Morgan fingerprint density at radius 1 is 0.905 bits per heavy atom. The van der Waals surface area contributed by atoms with Crippen LogP contribution in [0.3, 0.4) is 0 Å². The molecule has 42 heavy (non-hydrogen) atoms. The molecule has 1 aliphatic rings. The molecule has 0 fully saturated rings. The fraction of sp³-hybridized carbons (Fsp3) is 0.419. The Morgan fingerprint density at radius 2 is 1.52 bits per heavy atom. The lowest BCUT2D eigenvalue weighted by molar-refractivity contribution is -0.141. The van der Waals surface area contributed by atoms with E-state index >= 15 is 0 Å². The van der Waals surface area contributed by atoms with Crippen molar-refractivity contribution in [3.05, 3.63) is 70.8 Å². The first-order valence-electron chi connectivity index (χ1n) is 13.8. The summed E-state index contributed by atoms with van der Waals surface area (Å²) in [6.45, 7) is 10.7. The first-order chi connectivity index (χ1) is 19.6. The zero-order chi connectivity index (χ0) is 31.4. The number of fused-ring (bicyclic) bond motifs is 1. The number of rotatable bonds is 11. The summed E-state index contributed by atoms with van der Waals surface area (Å²) in [6.07, 6.45) is 0. The van der Waals surface area contributed by atoms with Crippen LogP contribution in [0.1, 0.15) is 73.4 Å². The summed E-state index contributed by atoms with van der Waals surface area (Å²) in [5.41, 5.74) is 6.92. The molecule has 5 amide bonds. The van der Waals surface area contributed by atoms with Crippen molar-refractivity contribution < 1.29 is 28.8 Å². The number of primary amides is 1. The minimum absolute atomic E-state index is 0.0299. The van der Waals surface area contributed by atoms with Crippen LogP contribution in [0.4, 0.5) is 0 Å². The Morgan fingerprint density at radius 3 is 2.07 bits per heavy atom. The maximum atomic E-state index is 13.5. The molecule has 2 aromatic rings. The molecule has 3 atom stereocenters. The van der Waals surface area contributed by atoms with Crippen LogP contribution < -0.4 is 21.7 Å². The number of nitrogens with two attached hydrogens (primary N) is 1. The van der Waals surface area contributed by atoms with Gasteiger partial charge in [0.2, 0.25) is 23.5 Å². The van der Waals surface area contributed by atoms with E-state index in [-0.39, 0.29) is 19.0 Å². The number of ketones is 1. The molecule has 2 aromatic carbocycles. The molecule has 0 aromatic heterocycles. The number of nitrogens with zero attached hydrogens (tertiary/aromatic N) is 1. The monoisotopic (exact) mass is 577 g/mol. The highest BCUT2D eigenvalue weighted by atomic mass is 16.2. The number of hydrogen-bond acceptors (Lipinski definition) is 6. The SMILES string of the molecule is CC(NC(=O)C(N1Cc2ccccc2C1=O)C(C)(C)C)C(=O)NC(C(=O)C(=O)NCc1ccc(C(N)=O)cc1)C(C)C. The minimum atomic E-state index is -1.14. The van der Waals surface area contributed by atoms with E-state index in [0.29, 0.717) is 16.7 Å². The normalized spacial score (nSPS) is 14.9. The van der Waals surface area contributed by atoms with Gasteiger partial charge in [-0.1, -0.05) is 65.0 Å². The summed E-state index contributed by atoms with van der Waals surface area (Å²) < 4.78 is 0. The second-order valence-corrected chi connectivity index (χ2v) is 11.9. The molecular weight excluding hydrogens is 538 g/mol. The van der Waals surface area contributed by atoms with E-state index in [9.17, 15) is 28.8 Å². The third-order valence-corrected chi connectivity index (χ3v) is 7.14. The van der Waals surface area contributed by atoms with E-state index in [1.165, 1.54) is 24.0 Å². The first kappa shape index (κ1) is 32.0. The first-order valence-corrected chi connectivity index (χ1v) is 13.8. The van der Waals surface area contributed by atoms with Gasteiger partial charge in [0.15, 0.2) is 0 Å². The quantitative estimate of drug-likeness (QED) is 0.297. The molecule has 0 saturated heterocycles. The van der Waals surface area contributed by atoms with Crippen molar-refractivity contribution in [3.8, 4) is 0 Å². The molecule has 0 saturated carbocycles. The molecule has 0 radical (unpaired) electrons. The van der Waals surface area contributed by atoms with Crippen LogP contribution in [-0.2, 0) is 32.3 Å². The molecule has 11 heteroatoms. The predicted octanol–water partition coefficient (Wildman–Crippen LogP) is 1.69. The van der Waals surface area contributed by atoms with Gasteiger partial charge in [0.1, 0.15) is 12.1 Å². The van der Waals surface area contributed by atoms with Crippen molar-refractivity contribution in [3.63, 3.8) is 0 Å². The average molecular weight is 578 g/mol. The van der Waals surface area contributed by atoms with E-state index < -0.39 is 58.9 Å². The van der Waals surface area contributed by atoms with Gasteiger partial charge in [0.25, 0.3) is 11.8 Å². The molecule has 3 unspecified atom stereocenters. The van der Waals surface area contributed by atoms with Crippen LogP contribution in [0, 0.1) is 11.3 Å². The van der Waals surface area contributed by atoms with E-state index in [1.807, 2.05) is 32.9 Å². The molecule has 0 aliphatic carbocycles. The maximum Gasteiger partial charge on any atom is 0.289 e. The van der Waals surface area contributed by atoms with E-state index in [0.717, 1.165) is 5.56 Å². The Labute approximate surface area is 245 Å². The van der Waals surface area contributed by atoms with Crippen LogP contribution in [-0.4, -0.2) is 58.3 Å². The number of carbonyl (C=O) groups is 6. The maximum absolute atomic E-state index is 13.5. The highest BCUT2D eigenvalue weighted by Crippen LogP contribution is 2.32. The smallest absolute Gasteiger partial charge is 0.289 e. The van der Waals surface area contributed by atoms with Crippen molar-refractivity contribution in [2.24, 2.45) is 17.1 Å². The van der Waals surface area contributed by atoms with Crippen LogP contribution >= 0.6 is 0 Å². The van der Waals surface area contributed by atoms with Crippen molar-refractivity contribution in [1.82, 2.24) is 20.9 Å². The van der Waals surface area contributed by atoms with Crippen LogP contribution in [0.5, 0.6) is 0 Å². The lowest BCUT2D eigenvalue weighted by Crippen LogP contribution is -2.59. The molecule has 0 bridgehead atoms. The fourth-order valence-corrected chi connectivity index (χ4v) is 4.86. The molecule has 5 N–H and O–H groups in total. The minimum Gasteiger partial charge on any atom is -0.366 e. The zero-order valence-corrected chi connectivity index (χ0v) is 24.8. The summed E-state index contributed by atoms with van der Waals surface area (Å²) in [5.74, 6) is -4.12. The van der Waals surface area contributed by atoms with E-state index in [4.69, 9.17) is 5.73 Å². The topological polar surface area (TPSA) is 168 Å². The van der Waals surface area contributed by atoms with Gasteiger partial charge in [-0.25, -0.2) is 0 Å². The molecule has 0 spiro atoms. The summed E-state index contributed by atoms with van der Waals surface area (Å²) >= 11 is 0. The van der Waals surface area contributed by atoms with Gasteiger partial charge in [-0.2, -0.15) is 0 Å². The molecular formula is C31H39N5O6. The predicted molar refractivity (Wildman–Crippen MR) is 156 cm³/mol. The van der Waals surface area contributed by atoms with Gasteiger partial charge < -0.3 is 26.6 Å². The Balaban J connectivity index is 1.63. The van der Waals surface area contributed by atoms with Gasteiger partial charge in [-0.15, -0.1) is 0 Å². The largest absolute Gasteiger partial charge is 0.366 e. The molecule has 224 valence electrons. The van der Waals surface area contributed by atoms with Crippen molar-refractivity contribution in [1.29, 1.82) is 0 Å². The van der Waals surface area contributed by atoms with Gasteiger partial charge in [0.05, 0.1) is 6.04 Å². The lowest BCUT2D eigenvalue weighted by atomic mass is 9.84. The molecule has 1 aliphatic heterocycles. The van der Waals surface area contributed by atoms with Crippen molar-refractivity contribution in [2.45, 2.75) is 72.8 Å². The third kappa shape index (κ3) is 7.39. The number of benzene rings is 2. The summed E-state index contributed by atoms with van der Waals surface area (Å²) in [6, 6.07) is 10.4. The highest BCUT2D eigenvalue weighted by Gasteiger charge is 2.43. The molecule has 3 rings (SSSR count). The van der Waals surface area contributed by atoms with Crippen LogP contribution in [0.25, 0.3) is 0 Å². The Bertz CT molecular complexity index is 1380. The van der Waals surface area contributed by atoms with Gasteiger partial charge >= 0.3 is 0 Å². The van der Waals surface area contributed by atoms with Crippen LogP contribution in [0.2, 0.25) is 0 Å². The highest BCUT2D eigenvalue weighted by molar-refractivity contribution is 6.38. The molecule has 11 nitrogen and oxygen atoms in total. The zero-order valence-electron chi connectivity index (χ0n) is 24.8. The number of Topliss-reactive ketones (excluding diaryl/α,β-unsaturated/α-hetero) is 1. The van der Waals surface area contributed by atoms with Crippen LogP contribution in [0.15, 0.2) is 48.5 Å². The fourth-order valence-electron chi connectivity index (χ4n) is 4.86. The van der Waals surface area contributed by atoms with E-state index in [2.05, 4.69) is 16.0 Å². The number of carbonyl (C=O) groups excluding carboxylic acids is 6. The number of amides is 5. The second-order valence-electron chi connectivity index (χ2n) is 11.9. The number of hydrogen-bond donors (Lipinski definition) is 4.